The van der Waals surface area contributed by atoms with Gasteiger partial charge in [-0.3, -0.25) is 9.13 Å². The Labute approximate surface area is 150 Å². The molecule has 0 spiro atoms. The van der Waals surface area contributed by atoms with E-state index >= 15 is 0 Å². The Bertz CT molecular complexity index is 502. The first-order valence-corrected chi connectivity index (χ1v) is 11.9. The Balaban J connectivity index is 3.66. The van der Waals surface area contributed by atoms with Gasteiger partial charge < -0.3 is 22.9 Å². The maximum absolute atomic E-state index is 13.8. The average molecular weight is 399 g/mol. The molecule has 0 aromatic heterocycles. The highest BCUT2D eigenvalue weighted by Gasteiger charge is 2.75. The zero-order chi connectivity index (χ0) is 19.1. The van der Waals surface area contributed by atoms with Crippen LogP contribution >= 0.6 is 15.2 Å². The molecule has 1 aliphatic heterocycles. The first-order chi connectivity index (χ1) is 11.8. The van der Waals surface area contributed by atoms with Crippen molar-refractivity contribution in [3.8, 4) is 0 Å². The largest absolute Gasteiger partial charge is 0.390 e. The Morgan fingerprint density at radius 3 is 1.64 bits per heavy atom. The van der Waals surface area contributed by atoms with Gasteiger partial charge in [-0.05, 0) is 41.0 Å². The molecule has 0 aromatic carbocycles. The summed E-state index contributed by atoms with van der Waals surface area (Å²) in [6, 6.07) is 0. The van der Waals surface area contributed by atoms with Crippen LogP contribution in [0.15, 0.2) is 5.16 Å². The minimum Gasteiger partial charge on any atom is -0.362 e. The predicted molar refractivity (Wildman–Crippen MR) is 97.0 cm³/mol. The van der Waals surface area contributed by atoms with Crippen LogP contribution < -0.4 is 0 Å². The molecule has 10 heteroatoms. The van der Waals surface area contributed by atoms with E-state index in [-0.39, 0.29) is 26.4 Å². The van der Waals surface area contributed by atoms with Crippen LogP contribution in [0.1, 0.15) is 54.4 Å². The van der Waals surface area contributed by atoms with Crippen molar-refractivity contribution in [2.24, 2.45) is 11.1 Å². The Hall–Kier alpha value is -0.230. The van der Waals surface area contributed by atoms with Gasteiger partial charge in [0.25, 0.3) is 0 Å². The molecule has 0 saturated heterocycles. The van der Waals surface area contributed by atoms with Crippen molar-refractivity contribution in [3.05, 3.63) is 0 Å². The van der Waals surface area contributed by atoms with Gasteiger partial charge in [-0.1, -0.05) is 18.5 Å². The van der Waals surface area contributed by atoms with E-state index in [0.717, 1.165) is 6.42 Å². The topological polar surface area (TPSA) is 92.7 Å². The van der Waals surface area contributed by atoms with Gasteiger partial charge in [0.2, 0.25) is 0 Å². The van der Waals surface area contributed by atoms with E-state index in [1.165, 1.54) is 0 Å². The van der Waals surface area contributed by atoms with Crippen LogP contribution in [-0.4, -0.2) is 37.2 Å². The molecule has 1 atom stereocenters. The molecule has 0 amide bonds. The standard InChI is InChI=1S/C15H31NO7P2/c1-7-12-14-13(6)16-23-15(14,24(17,19-8-2)20-9-3)25(18,21-10-4)22-11-5/h14H,7-12H2,1-6H3. The monoisotopic (exact) mass is 399 g/mol. The van der Waals surface area contributed by atoms with Crippen molar-refractivity contribution in [1.29, 1.82) is 0 Å². The Morgan fingerprint density at radius 2 is 1.32 bits per heavy atom. The summed E-state index contributed by atoms with van der Waals surface area (Å²) < 4.78 is 49.7. The number of nitrogens with zero attached hydrogens (tertiary/aromatic N) is 1. The van der Waals surface area contributed by atoms with Crippen molar-refractivity contribution >= 4 is 20.9 Å². The maximum atomic E-state index is 13.8. The fourth-order valence-corrected chi connectivity index (χ4v) is 8.80. The summed E-state index contributed by atoms with van der Waals surface area (Å²) in [6.07, 6.45) is 1.27. The van der Waals surface area contributed by atoms with Gasteiger partial charge in [0.1, 0.15) is 0 Å². The van der Waals surface area contributed by atoms with Crippen LogP contribution in [-0.2, 0) is 32.1 Å². The van der Waals surface area contributed by atoms with Crippen LogP contribution in [0.25, 0.3) is 0 Å². The van der Waals surface area contributed by atoms with Gasteiger partial charge in [-0.15, -0.1) is 0 Å². The van der Waals surface area contributed by atoms with E-state index in [1.807, 2.05) is 6.92 Å². The summed E-state index contributed by atoms with van der Waals surface area (Å²) in [7, 11) is -8.10. The summed E-state index contributed by atoms with van der Waals surface area (Å²) in [5.74, 6) is -0.564. The second kappa shape index (κ2) is 9.63. The molecule has 25 heavy (non-hydrogen) atoms. The molecule has 0 radical (unpaired) electrons. The molecule has 8 nitrogen and oxygen atoms in total. The summed E-state index contributed by atoms with van der Waals surface area (Å²) in [4.78, 5) is 5.62. The normalized spacial score (nSPS) is 20.4. The van der Waals surface area contributed by atoms with Gasteiger partial charge in [0, 0.05) is 0 Å². The fourth-order valence-electron chi connectivity index (χ4n) is 2.98. The Kier molecular flexibility index (Phi) is 8.79. The van der Waals surface area contributed by atoms with Crippen LogP contribution in [0.4, 0.5) is 0 Å². The third-order valence-corrected chi connectivity index (χ3v) is 10.1. The molecule has 1 aliphatic rings. The SMILES string of the molecule is CCCC1C(C)=NOC1(P(=O)(OCC)OCC)P(=O)(OCC)OCC. The van der Waals surface area contributed by atoms with Crippen molar-refractivity contribution in [2.45, 2.75) is 59.5 Å². The first-order valence-electron chi connectivity index (χ1n) is 8.83. The van der Waals surface area contributed by atoms with Crippen molar-refractivity contribution in [1.82, 2.24) is 0 Å². The maximum Gasteiger partial charge on any atom is 0.390 e. The summed E-state index contributed by atoms with van der Waals surface area (Å²) in [5.41, 5.74) is 0.570. The number of oxime groups is 1. The lowest BCUT2D eigenvalue weighted by atomic mass is 10.0. The smallest absolute Gasteiger partial charge is 0.362 e. The molecular formula is C15H31NO7P2. The highest BCUT2D eigenvalue weighted by Crippen LogP contribution is 2.82. The predicted octanol–water partition coefficient (Wildman–Crippen LogP) is 4.99. The molecule has 1 heterocycles. The van der Waals surface area contributed by atoms with Gasteiger partial charge in [-0.2, -0.15) is 0 Å². The number of rotatable bonds is 12. The average Bonchev–Trinajstić information content (AvgIpc) is 2.88. The number of hydrogen-bond donors (Lipinski definition) is 0. The van der Waals surface area contributed by atoms with Gasteiger partial charge in [0.15, 0.2) is 0 Å². The first kappa shape index (κ1) is 22.8. The Morgan fingerprint density at radius 1 is 0.920 bits per heavy atom. The van der Waals surface area contributed by atoms with E-state index in [2.05, 4.69) is 5.16 Å². The molecule has 0 N–H and O–H groups in total. The molecule has 0 aromatic rings. The molecule has 0 aliphatic carbocycles. The van der Waals surface area contributed by atoms with Crippen molar-refractivity contribution in [2.75, 3.05) is 26.4 Å². The molecule has 0 saturated carbocycles. The van der Waals surface area contributed by atoms with E-state index < -0.39 is 26.2 Å². The highest BCUT2D eigenvalue weighted by molar-refractivity contribution is 7.74. The van der Waals surface area contributed by atoms with Crippen LogP contribution in [0.2, 0.25) is 0 Å². The molecule has 0 bridgehead atoms. The lowest BCUT2D eigenvalue weighted by molar-refractivity contribution is 0.0181. The van der Waals surface area contributed by atoms with E-state index in [1.54, 1.807) is 34.6 Å². The van der Waals surface area contributed by atoms with Gasteiger partial charge >= 0.3 is 20.3 Å². The van der Waals surface area contributed by atoms with E-state index in [4.69, 9.17) is 22.9 Å². The van der Waals surface area contributed by atoms with E-state index in [9.17, 15) is 9.13 Å². The third kappa shape index (κ3) is 4.05. The number of hydrogen-bond acceptors (Lipinski definition) is 8. The second-order valence-corrected chi connectivity index (χ2v) is 10.2. The zero-order valence-corrected chi connectivity index (χ0v) is 17.8. The van der Waals surface area contributed by atoms with Gasteiger partial charge in [-0.25, -0.2) is 0 Å². The van der Waals surface area contributed by atoms with Crippen molar-refractivity contribution in [3.63, 3.8) is 0 Å². The lowest BCUT2D eigenvalue weighted by Gasteiger charge is -2.40. The fraction of sp³-hybridized carbons (Fsp3) is 0.933. The molecule has 148 valence electrons. The molecule has 0 fully saturated rings. The van der Waals surface area contributed by atoms with Crippen molar-refractivity contribution < 1.29 is 32.1 Å². The quantitative estimate of drug-likeness (QED) is 0.427. The van der Waals surface area contributed by atoms with Crippen LogP contribution in [0.5, 0.6) is 0 Å². The third-order valence-electron chi connectivity index (χ3n) is 3.84. The minimum atomic E-state index is -4.05. The molecule has 1 rings (SSSR count). The minimum absolute atomic E-state index is 0.0958. The summed E-state index contributed by atoms with van der Waals surface area (Å²) in [6.45, 7) is 10.8. The summed E-state index contributed by atoms with van der Waals surface area (Å²) >= 11 is 0. The molecule has 1 unspecified atom stereocenters. The molecular weight excluding hydrogens is 368 g/mol. The van der Waals surface area contributed by atoms with Crippen LogP contribution in [0.3, 0.4) is 0 Å². The zero-order valence-electron chi connectivity index (χ0n) is 16.0. The lowest BCUT2D eigenvalue weighted by Crippen LogP contribution is -2.41. The summed E-state index contributed by atoms with van der Waals surface area (Å²) in [5, 5.41) is 2.07. The highest BCUT2D eigenvalue weighted by atomic mass is 31.2. The van der Waals surface area contributed by atoms with Crippen LogP contribution in [0, 0.1) is 5.92 Å². The van der Waals surface area contributed by atoms with E-state index in [0.29, 0.717) is 12.1 Å². The van der Waals surface area contributed by atoms with Gasteiger partial charge in [0.05, 0.1) is 38.1 Å². The second-order valence-electron chi connectivity index (χ2n) is 5.49.